The predicted molar refractivity (Wildman–Crippen MR) is 161 cm³/mol. The van der Waals surface area contributed by atoms with Gasteiger partial charge in [-0.1, -0.05) is 107 Å². The zero-order valence-corrected chi connectivity index (χ0v) is 25.0. The summed E-state index contributed by atoms with van der Waals surface area (Å²) in [6.07, 6.45) is 1.11. The third kappa shape index (κ3) is 7.90. The lowest BCUT2D eigenvalue weighted by molar-refractivity contribution is -0.0927. The molecule has 6 heteroatoms. The highest BCUT2D eigenvalue weighted by molar-refractivity contribution is 6.99. The minimum absolute atomic E-state index is 0.110. The molecular weight excluding hydrogens is 504 g/mol. The van der Waals surface area contributed by atoms with Gasteiger partial charge in [-0.3, -0.25) is 0 Å². The average Bonchev–Trinajstić information content (AvgIpc) is 2.96. The van der Waals surface area contributed by atoms with E-state index in [1.807, 2.05) is 43.3 Å². The molecule has 0 bridgehead atoms. The molecule has 0 aromatic heterocycles. The first-order valence-electron chi connectivity index (χ1n) is 13.6. The van der Waals surface area contributed by atoms with Crippen LogP contribution in [0.2, 0.25) is 5.04 Å². The molecule has 39 heavy (non-hydrogen) atoms. The van der Waals surface area contributed by atoms with Gasteiger partial charge in [0, 0.05) is 18.4 Å². The van der Waals surface area contributed by atoms with E-state index in [1.54, 1.807) is 13.2 Å². The summed E-state index contributed by atoms with van der Waals surface area (Å²) in [6, 6.07) is 28.8. The van der Waals surface area contributed by atoms with Crippen molar-refractivity contribution in [3.05, 3.63) is 103 Å². The van der Waals surface area contributed by atoms with Crippen molar-refractivity contribution in [2.24, 2.45) is 11.8 Å². The fourth-order valence-electron chi connectivity index (χ4n) is 4.95. The number of aliphatic hydroxyl groups is 1. The van der Waals surface area contributed by atoms with Crippen molar-refractivity contribution in [2.75, 3.05) is 27.1 Å². The number of aliphatic hydroxyl groups excluding tert-OH is 1. The van der Waals surface area contributed by atoms with Crippen LogP contribution in [-0.2, 0) is 20.5 Å². The van der Waals surface area contributed by atoms with Crippen LogP contribution in [0.3, 0.4) is 0 Å². The van der Waals surface area contributed by atoms with Crippen LogP contribution in [0.1, 0.15) is 33.3 Å². The predicted octanol–water partition coefficient (Wildman–Crippen LogP) is 5.56. The van der Waals surface area contributed by atoms with Gasteiger partial charge in [0.05, 0.1) is 26.4 Å². The first kappa shape index (κ1) is 30.8. The molecule has 210 valence electrons. The Morgan fingerprint density at radius 2 is 1.41 bits per heavy atom. The van der Waals surface area contributed by atoms with Crippen LogP contribution in [0.4, 0.5) is 0 Å². The molecule has 0 aliphatic rings. The first-order chi connectivity index (χ1) is 18.7. The van der Waals surface area contributed by atoms with Crippen LogP contribution in [0, 0.1) is 11.8 Å². The van der Waals surface area contributed by atoms with Gasteiger partial charge in [-0.25, -0.2) is 0 Å². The minimum atomic E-state index is -2.74. The normalized spacial score (nSPS) is 14.4. The summed E-state index contributed by atoms with van der Waals surface area (Å²) in [6.45, 7) is 13.8. The Kier molecular flexibility index (Phi) is 11.5. The van der Waals surface area contributed by atoms with Crippen LogP contribution >= 0.6 is 0 Å². The molecule has 0 unspecified atom stereocenters. The highest BCUT2D eigenvalue weighted by Gasteiger charge is 2.50. The van der Waals surface area contributed by atoms with Gasteiger partial charge in [-0.2, -0.15) is 0 Å². The first-order valence-corrected chi connectivity index (χ1v) is 15.5. The Morgan fingerprint density at radius 3 is 1.90 bits per heavy atom. The van der Waals surface area contributed by atoms with Crippen LogP contribution in [0.25, 0.3) is 0 Å². The lowest BCUT2D eigenvalue weighted by Crippen LogP contribution is -2.67. The lowest BCUT2D eigenvalue weighted by atomic mass is 9.93. The van der Waals surface area contributed by atoms with E-state index in [9.17, 15) is 5.11 Å². The monoisotopic (exact) mass is 548 g/mol. The van der Waals surface area contributed by atoms with Crippen molar-refractivity contribution >= 4 is 18.7 Å². The molecule has 1 N–H and O–H groups in total. The summed E-state index contributed by atoms with van der Waals surface area (Å²) >= 11 is 0. The zero-order chi connectivity index (χ0) is 28.3. The Balaban J connectivity index is 1.76. The van der Waals surface area contributed by atoms with E-state index in [-0.39, 0.29) is 23.7 Å². The Labute approximate surface area is 235 Å². The van der Waals surface area contributed by atoms with Crippen LogP contribution in [0.5, 0.6) is 5.75 Å². The van der Waals surface area contributed by atoms with Crippen molar-refractivity contribution in [1.29, 1.82) is 0 Å². The number of methoxy groups -OCH3 is 1. The van der Waals surface area contributed by atoms with E-state index in [4.69, 9.17) is 18.6 Å². The Hall–Kier alpha value is -2.74. The van der Waals surface area contributed by atoms with Gasteiger partial charge in [0.2, 0.25) is 0 Å². The summed E-state index contributed by atoms with van der Waals surface area (Å²) in [4.78, 5) is 0. The maximum Gasteiger partial charge on any atom is 0.261 e. The second-order valence-electron chi connectivity index (χ2n) is 11.0. The summed E-state index contributed by atoms with van der Waals surface area (Å²) in [5.74, 6) is 0.440. The fourth-order valence-corrected chi connectivity index (χ4v) is 9.57. The van der Waals surface area contributed by atoms with Crippen LogP contribution < -0.4 is 15.1 Å². The standard InChI is InChI=1S/C33H44O5Si/c1-7-26(2)32(34)28(23-37-25-36-22-27-18-20-29(35-6)21-19-27)24-38-39(33(3,4)5,30-14-10-8-11-15-30)31-16-12-9-13-17-31/h7-21,26,28,32,34H,1,22-25H2,2-6H3/t26-,28-,32+/m1/s1. The molecule has 0 amide bonds. The lowest BCUT2D eigenvalue weighted by Gasteiger charge is -2.44. The second kappa shape index (κ2) is 14.6. The molecule has 0 aliphatic carbocycles. The maximum absolute atomic E-state index is 11.2. The number of hydrogen-bond acceptors (Lipinski definition) is 5. The van der Waals surface area contributed by atoms with Crippen molar-refractivity contribution in [2.45, 2.75) is 45.4 Å². The van der Waals surface area contributed by atoms with Gasteiger partial charge in [0.25, 0.3) is 8.32 Å². The maximum atomic E-state index is 11.2. The van der Waals surface area contributed by atoms with E-state index < -0.39 is 14.4 Å². The molecule has 0 spiro atoms. The molecule has 3 rings (SSSR count). The number of ether oxygens (including phenoxy) is 3. The molecular formula is C33H44O5Si. The van der Waals surface area contributed by atoms with Gasteiger partial charge in [-0.15, -0.1) is 6.58 Å². The smallest absolute Gasteiger partial charge is 0.261 e. The van der Waals surface area contributed by atoms with Crippen molar-refractivity contribution in [3.8, 4) is 5.75 Å². The molecule has 0 aliphatic heterocycles. The van der Waals surface area contributed by atoms with Gasteiger partial charge >= 0.3 is 0 Å². The van der Waals surface area contributed by atoms with Gasteiger partial charge in [0.15, 0.2) is 0 Å². The van der Waals surface area contributed by atoms with Gasteiger partial charge < -0.3 is 23.7 Å². The summed E-state index contributed by atoms with van der Waals surface area (Å²) in [5, 5.41) is 13.5. The fraction of sp³-hybridized carbons (Fsp3) is 0.394. The Bertz CT molecular complexity index is 1070. The molecule has 5 nitrogen and oxygen atoms in total. The molecule has 0 saturated heterocycles. The van der Waals surface area contributed by atoms with Gasteiger partial charge in [-0.05, 0) is 33.1 Å². The van der Waals surface area contributed by atoms with Crippen molar-refractivity contribution in [1.82, 2.24) is 0 Å². The summed E-state index contributed by atoms with van der Waals surface area (Å²) in [5.41, 5.74) is 1.03. The van der Waals surface area contributed by atoms with E-state index in [2.05, 4.69) is 75.9 Å². The highest BCUT2D eigenvalue weighted by Crippen LogP contribution is 2.37. The number of hydrogen-bond donors (Lipinski definition) is 1. The number of benzene rings is 3. The summed E-state index contributed by atoms with van der Waals surface area (Å²) < 4.78 is 24.0. The van der Waals surface area contributed by atoms with Crippen LogP contribution in [-0.4, -0.2) is 46.6 Å². The molecule has 0 heterocycles. The van der Waals surface area contributed by atoms with E-state index in [0.717, 1.165) is 11.3 Å². The average molecular weight is 549 g/mol. The van der Waals surface area contributed by atoms with E-state index in [1.165, 1.54) is 10.4 Å². The molecule has 0 saturated carbocycles. The molecule has 0 radical (unpaired) electrons. The van der Waals surface area contributed by atoms with Crippen LogP contribution in [0.15, 0.2) is 97.6 Å². The molecule has 3 atom stereocenters. The summed E-state index contributed by atoms with van der Waals surface area (Å²) in [7, 11) is -1.10. The topological polar surface area (TPSA) is 57.2 Å². The second-order valence-corrected chi connectivity index (χ2v) is 15.3. The largest absolute Gasteiger partial charge is 0.497 e. The molecule has 3 aromatic carbocycles. The van der Waals surface area contributed by atoms with E-state index >= 15 is 0 Å². The quantitative estimate of drug-likeness (QED) is 0.117. The van der Waals surface area contributed by atoms with Crippen molar-refractivity contribution < 1.29 is 23.7 Å². The number of rotatable bonds is 15. The molecule has 3 aromatic rings. The SMILES string of the molecule is C=C[C@@H](C)[C@H](O)[C@H](COCOCc1ccc(OC)cc1)CO[Si](c1ccccc1)(c1ccccc1)C(C)(C)C. The Morgan fingerprint density at radius 1 is 0.846 bits per heavy atom. The third-order valence-corrected chi connectivity index (χ3v) is 12.3. The van der Waals surface area contributed by atoms with Gasteiger partial charge in [0.1, 0.15) is 12.5 Å². The van der Waals surface area contributed by atoms with Crippen molar-refractivity contribution in [3.63, 3.8) is 0 Å². The third-order valence-electron chi connectivity index (χ3n) is 7.25. The van der Waals surface area contributed by atoms with E-state index in [0.29, 0.717) is 19.8 Å². The molecule has 0 fully saturated rings. The zero-order valence-electron chi connectivity index (χ0n) is 24.0. The highest BCUT2D eigenvalue weighted by atomic mass is 28.4. The minimum Gasteiger partial charge on any atom is -0.497 e.